The Bertz CT molecular complexity index is 503. The average molecular weight is 293 g/mol. The predicted octanol–water partition coefficient (Wildman–Crippen LogP) is 3.05. The molecule has 0 spiro atoms. The first-order valence-electron chi connectivity index (χ1n) is 7.83. The van der Waals surface area contributed by atoms with Gasteiger partial charge in [-0.2, -0.15) is 0 Å². The quantitative estimate of drug-likeness (QED) is 0.870. The molecule has 108 valence electrons. The molecule has 4 rings (SSSR count). The maximum Gasteiger partial charge on any atom is 0.135 e. The van der Waals surface area contributed by atoms with Crippen LogP contribution >= 0.6 is 11.6 Å². The van der Waals surface area contributed by atoms with Crippen LogP contribution in [0.5, 0.6) is 0 Å². The second kappa shape index (κ2) is 5.15. The normalized spacial score (nSPS) is 30.2. The van der Waals surface area contributed by atoms with Crippen molar-refractivity contribution < 1.29 is 0 Å². The van der Waals surface area contributed by atoms with E-state index in [0.29, 0.717) is 17.1 Å². The Kier molecular flexibility index (Phi) is 3.31. The fourth-order valence-corrected chi connectivity index (χ4v) is 3.79. The number of nitrogens with one attached hydrogen (secondary N) is 1. The Morgan fingerprint density at radius 3 is 2.90 bits per heavy atom. The minimum Gasteiger partial charge on any atom is -0.367 e. The molecule has 0 bridgehead atoms. The number of aromatic nitrogens is 2. The van der Waals surface area contributed by atoms with Crippen molar-refractivity contribution in [2.45, 2.75) is 56.5 Å². The standard InChI is InChI=1S/C15H21ClN4/c16-13-9-14(19-15(18-13)10-3-4-10)17-11-5-7-20-6-1-2-12(20)8-11/h9-12H,1-8H2,(H,17,18,19). The zero-order valence-corrected chi connectivity index (χ0v) is 12.4. The largest absolute Gasteiger partial charge is 0.367 e. The molecule has 20 heavy (non-hydrogen) atoms. The van der Waals surface area contributed by atoms with Crippen molar-refractivity contribution in [3.05, 3.63) is 17.0 Å². The molecule has 3 heterocycles. The summed E-state index contributed by atoms with van der Waals surface area (Å²) in [4.78, 5) is 11.6. The Balaban J connectivity index is 1.45. The van der Waals surface area contributed by atoms with Crippen LogP contribution < -0.4 is 5.32 Å². The van der Waals surface area contributed by atoms with Gasteiger partial charge in [0.2, 0.25) is 0 Å². The lowest BCUT2D eigenvalue weighted by atomic mass is 9.97. The maximum atomic E-state index is 6.13. The van der Waals surface area contributed by atoms with E-state index in [1.54, 1.807) is 0 Å². The SMILES string of the molecule is Clc1cc(NC2CCN3CCCC3C2)nc(C2CC2)n1. The third-order valence-corrected chi connectivity index (χ3v) is 5.02. The average Bonchev–Trinajstić information content (AvgIpc) is 3.17. The van der Waals surface area contributed by atoms with E-state index in [0.717, 1.165) is 17.7 Å². The van der Waals surface area contributed by atoms with E-state index < -0.39 is 0 Å². The van der Waals surface area contributed by atoms with Gasteiger partial charge in [-0.15, -0.1) is 0 Å². The van der Waals surface area contributed by atoms with Gasteiger partial charge >= 0.3 is 0 Å². The Hall–Kier alpha value is -0.870. The van der Waals surface area contributed by atoms with E-state index in [4.69, 9.17) is 11.6 Å². The molecule has 1 saturated carbocycles. The summed E-state index contributed by atoms with van der Waals surface area (Å²) in [6.07, 6.45) is 7.58. The van der Waals surface area contributed by atoms with Gasteiger partial charge in [0, 0.05) is 30.6 Å². The van der Waals surface area contributed by atoms with Gasteiger partial charge in [0.1, 0.15) is 16.8 Å². The van der Waals surface area contributed by atoms with Gasteiger partial charge in [-0.25, -0.2) is 9.97 Å². The highest BCUT2D eigenvalue weighted by Gasteiger charge is 2.32. The minimum atomic E-state index is 0.535. The van der Waals surface area contributed by atoms with Crippen molar-refractivity contribution in [1.82, 2.24) is 14.9 Å². The van der Waals surface area contributed by atoms with Gasteiger partial charge in [0.05, 0.1) is 0 Å². The summed E-state index contributed by atoms with van der Waals surface area (Å²) in [5.41, 5.74) is 0. The van der Waals surface area contributed by atoms with Gasteiger partial charge in [0.15, 0.2) is 0 Å². The maximum absolute atomic E-state index is 6.13. The zero-order chi connectivity index (χ0) is 13.5. The van der Waals surface area contributed by atoms with E-state index in [9.17, 15) is 0 Å². The fraction of sp³-hybridized carbons (Fsp3) is 0.733. The van der Waals surface area contributed by atoms with Crippen LogP contribution in [0, 0.1) is 0 Å². The summed E-state index contributed by atoms with van der Waals surface area (Å²) >= 11 is 6.13. The lowest BCUT2D eigenvalue weighted by molar-refractivity contribution is 0.188. The first-order chi connectivity index (χ1) is 9.78. The molecule has 2 saturated heterocycles. The third-order valence-electron chi connectivity index (χ3n) is 4.83. The van der Waals surface area contributed by atoms with Crippen molar-refractivity contribution in [1.29, 1.82) is 0 Å². The summed E-state index contributed by atoms with van der Waals surface area (Å²) in [5, 5.41) is 4.17. The van der Waals surface area contributed by atoms with Crippen LogP contribution in [0.4, 0.5) is 5.82 Å². The molecule has 2 unspecified atom stereocenters. The van der Waals surface area contributed by atoms with E-state index in [1.807, 2.05) is 6.07 Å². The van der Waals surface area contributed by atoms with Gasteiger partial charge in [-0.05, 0) is 45.1 Å². The van der Waals surface area contributed by atoms with Gasteiger partial charge in [-0.1, -0.05) is 11.6 Å². The molecule has 2 atom stereocenters. The molecule has 3 aliphatic rings. The van der Waals surface area contributed by atoms with Crippen LogP contribution in [0.15, 0.2) is 6.07 Å². The fourth-order valence-electron chi connectivity index (χ4n) is 3.60. The van der Waals surface area contributed by atoms with Crippen molar-refractivity contribution in [2.75, 3.05) is 18.4 Å². The van der Waals surface area contributed by atoms with Crippen LogP contribution in [0.25, 0.3) is 0 Å². The zero-order valence-electron chi connectivity index (χ0n) is 11.7. The molecule has 1 aromatic heterocycles. The topological polar surface area (TPSA) is 41.0 Å². The van der Waals surface area contributed by atoms with Crippen LogP contribution in [0.3, 0.4) is 0 Å². The van der Waals surface area contributed by atoms with Crippen molar-refractivity contribution in [3.8, 4) is 0 Å². The molecule has 5 heteroatoms. The molecule has 1 aromatic rings. The van der Waals surface area contributed by atoms with Crippen molar-refractivity contribution in [2.24, 2.45) is 0 Å². The first-order valence-corrected chi connectivity index (χ1v) is 8.21. The minimum absolute atomic E-state index is 0.535. The smallest absolute Gasteiger partial charge is 0.135 e. The summed E-state index contributed by atoms with van der Waals surface area (Å²) < 4.78 is 0. The second-order valence-corrected chi connectivity index (χ2v) is 6.79. The Morgan fingerprint density at radius 1 is 1.15 bits per heavy atom. The van der Waals surface area contributed by atoms with Crippen LogP contribution in [-0.2, 0) is 0 Å². The molecule has 1 aliphatic carbocycles. The number of halogens is 1. The third kappa shape index (κ3) is 2.63. The summed E-state index contributed by atoms with van der Waals surface area (Å²) in [6.45, 7) is 2.51. The second-order valence-electron chi connectivity index (χ2n) is 6.41. The van der Waals surface area contributed by atoms with E-state index in [2.05, 4.69) is 20.2 Å². The Morgan fingerprint density at radius 2 is 2.05 bits per heavy atom. The highest BCUT2D eigenvalue weighted by molar-refractivity contribution is 6.29. The lowest BCUT2D eigenvalue weighted by Gasteiger charge is -2.35. The number of hydrogen-bond donors (Lipinski definition) is 1. The first kappa shape index (κ1) is 12.8. The molecule has 3 fully saturated rings. The number of anilines is 1. The molecule has 0 amide bonds. The van der Waals surface area contributed by atoms with Gasteiger partial charge in [0.25, 0.3) is 0 Å². The molecular formula is C15H21ClN4. The van der Waals surface area contributed by atoms with E-state index in [1.165, 1.54) is 51.6 Å². The number of hydrogen-bond acceptors (Lipinski definition) is 4. The van der Waals surface area contributed by atoms with E-state index >= 15 is 0 Å². The van der Waals surface area contributed by atoms with Crippen LogP contribution in [0.2, 0.25) is 5.15 Å². The highest BCUT2D eigenvalue weighted by atomic mass is 35.5. The molecule has 0 aromatic carbocycles. The monoisotopic (exact) mass is 292 g/mol. The number of piperidine rings is 1. The summed E-state index contributed by atoms with van der Waals surface area (Å²) in [5.74, 6) is 2.40. The number of fused-ring (bicyclic) bond motifs is 1. The summed E-state index contributed by atoms with van der Waals surface area (Å²) in [7, 11) is 0. The van der Waals surface area contributed by atoms with E-state index in [-0.39, 0.29) is 0 Å². The van der Waals surface area contributed by atoms with Gasteiger partial charge in [-0.3, -0.25) is 0 Å². The molecule has 4 nitrogen and oxygen atoms in total. The van der Waals surface area contributed by atoms with Crippen molar-refractivity contribution in [3.63, 3.8) is 0 Å². The van der Waals surface area contributed by atoms with Gasteiger partial charge < -0.3 is 10.2 Å². The molecule has 0 radical (unpaired) electrons. The Labute approximate surface area is 124 Å². The molecule has 1 N–H and O–H groups in total. The van der Waals surface area contributed by atoms with Crippen molar-refractivity contribution >= 4 is 17.4 Å². The van der Waals surface area contributed by atoms with Crippen LogP contribution in [0.1, 0.15) is 50.3 Å². The van der Waals surface area contributed by atoms with Crippen LogP contribution in [-0.4, -0.2) is 40.0 Å². The number of nitrogens with zero attached hydrogens (tertiary/aromatic N) is 3. The predicted molar refractivity (Wildman–Crippen MR) is 80.3 cm³/mol. The number of rotatable bonds is 3. The molecule has 2 aliphatic heterocycles. The summed E-state index contributed by atoms with van der Waals surface area (Å²) in [6, 6.07) is 3.18. The molecular weight excluding hydrogens is 272 g/mol. The lowest BCUT2D eigenvalue weighted by Crippen LogP contribution is -2.42. The highest BCUT2D eigenvalue weighted by Crippen LogP contribution is 2.39.